The molecule has 0 saturated carbocycles. The van der Waals surface area contributed by atoms with Crippen molar-refractivity contribution < 1.29 is 9.15 Å². The normalized spacial score (nSPS) is 26.9. The fourth-order valence-electron chi connectivity index (χ4n) is 2.66. The Kier molecular flexibility index (Phi) is 4.63. The van der Waals surface area contributed by atoms with Crippen LogP contribution in [0.5, 0.6) is 0 Å². The van der Waals surface area contributed by atoms with E-state index in [1.165, 1.54) is 5.56 Å². The van der Waals surface area contributed by atoms with Gasteiger partial charge < -0.3 is 14.5 Å². The molecule has 2 heterocycles. The molecule has 0 amide bonds. The lowest BCUT2D eigenvalue weighted by atomic mass is 9.81. The van der Waals surface area contributed by atoms with Gasteiger partial charge in [0, 0.05) is 24.8 Å². The maximum atomic E-state index is 5.53. The molecule has 1 aliphatic heterocycles. The number of furan rings is 1. The van der Waals surface area contributed by atoms with Crippen molar-refractivity contribution in [2.45, 2.75) is 32.7 Å². The molecule has 0 bridgehead atoms. The molecule has 3 heteroatoms. The Hall–Kier alpha value is -0.800. The summed E-state index contributed by atoms with van der Waals surface area (Å²) in [5.74, 6) is 1.25. The molecule has 1 fully saturated rings. The molecule has 1 aromatic rings. The highest BCUT2D eigenvalue weighted by molar-refractivity contribution is 5.13. The van der Waals surface area contributed by atoms with Gasteiger partial charge in [-0.1, -0.05) is 13.8 Å². The molecule has 1 N–H and O–H groups in total. The van der Waals surface area contributed by atoms with E-state index in [0.717, 1.165) is 32.6 Å². The van der Waals surface area contributed by atoms with Crippen molar-refractivity contribution in [3.63, 3.8) is 0 Å². The summed E-state index contributed by atoms with van der Waals surface area (Å²) in [6.07, 6.45) is 5.93. The van der Waals surface area contributed by atoms with E-state index in [1.807, 2.05) is 6.26 Å². The zero-order chi connectivity index (χ0) is 12.1. The molecule has 17 heavy (non-hydrogen) atoms. The Labute approximate surface area is 104 Å². The van der Waals surface area contributed by atoms with Gasteiger partial charge in [-0.05, 0) is 37.3 Å². The molecule has 1 aromatic heterocycles. The van der Waals surface area contributed by atoms with Crippen LogP contribution >= 0.6 is 0 Å². The first-order valence-electron chi connectivity index (χ1n) is 6.66. The Morgan fingerprint density at radius 3 is 3.06 bits per heavy atom. The molecule has 3 nitrogen and oxygen atoms in total. The van der Waals surface area contributed by atoms with Crippen LogP contribution in [0.2, 0.25) is 0 Å². The smallest absolute Gasteiger partial charge is 0.0950 e. The van der Waals surface area contributed by atoms with Crippen LogP contribution in [0.3, 0.4) is 0 Å². The van der Waals surface area contributed by atoms with E-state index in [0.29, 0.717) is 17.9 Å². The average molecular weight is 237 g/mol. The zero-order valence-electron chi connectivity index (χ0n) is 10.8. The molecule has 0 aromatic carbocycles. The minimum Gasteiger partial charge on any atom is -0.472 e. The summed E-state index contributed by atoms with van der Waals surface area (Å²) in [4.78, 5) is 0. The van der Waals surface area contributed by atoms with E-state index in [-0.39, 0.29) is 0 Å². The largest absolute Gasteiger partial charge is 0.472 e. The van der Waals surface area contributed by atoms with Gasteiger partial charge in [0.05, 0.1) is 12.5 Å². The average Bonchev–Trinajstić information content (AvgIpc) is 2.85. The minimum atomic E-state index is 0.410. The lowest BCUT2D eigenvalue weighted by Crippen LogP contribution is -2.37. The van der Waals surface area contributed by atoms with E-state index in [4.69, 9.17) is 9.15 Å². The van der Waals surface area contributed by atoms with Gasteiger partial charge in [-0.3, -0.25) is 0 Å². The predicted molar refractivity (Wildman–Crippen MR) is 67.8 cm³/mol. The maximum absolute atomic E-state index is 5.53. The highest BCUT2D eigenvalue weighted by atomic mass is 16.5. The molecular weight excluding hydrogens is 214 g/mol. The van der Waals surface area contributed by atoms with Crippen molar-refractivity contribution in [2.24, 2.45) is 11.8 Å². The standard InChI is InChI=1S/C14H23NO2/c1-3-6-15-14(12-4-7-17-10-12)13-5-8-16-9-11(13)2/h4,7,10-11,13-15H,3,5-6,8-9H2,1-2H3. The molecule has 1 saturated heterocycles. The molecule has 2 rings (SSSR count). The summed E-state index contributed by atoms with van der Waals surface area (Å²) in [6, 6.07) is 2.49. The summed E-state index contributed by atoms with van der Waals surface area (Å²) < 4.78 is 10.8. The second-order valence-corrected chi connectivity index (χ2v) is 4.99. The van der Waals surface area contributed by atoms with E-state index >= 15 is 0 Å². The molecule has 96 valence electrons. The highest BCUT2D eigenvalue weighted by Gasteiger charge is 2.30. The minimum absolute atomic E-state index is 0.410. The third kappa shape index (κ3) is 3.11. The third-order valence-electron chi connectivity index (χ3n) is 3.65. The van der Waals surface area contributed by atoms with Crippen LogP contribution < -0.4 is 5.32 Å². The van der Waals surface area contributed by atoms with Crippen LogP contribution in [0.25, 0.3) is 0 Å². The molecule has 0 radical (unpaired) electrons. The van der Waals surface area contributed by atoms with E-state index in [9.17, 15) is 0 Å². The number of rotatable bonds is 5. The van der Waals surface area contributed by atoms with Crippen LogP contribution in [0.4, 0.5) is 0 Å². The molecule has 0 spiro atoms. The molecule has 3 atom stereocenters. The van der Waals surface area contributed by atoms with Gasteiger partial charge in [-0.25, -0.2) is 0 Å². The number of hydrogen-bond donors (Lipinski definition) is 1. The first-order chi connectivity index (χ1) is 8.33. The summed E-state index contributed by atoms with van der Waals surface area (Å²) >= 11 is 0. The third-order valence-corrected chi connectivity index (χ3v) is 3.65. The lowest BCUT2D eigenvalue weighted by Gasteiger charge is -2.35. The molecule has 3 unspecified atom stereocenters. The SMILES string of the molecule is CCCNC(c1ccoc1)C1CCOCC1C. The highest BCUT2D eigenvalue weighted by Crippen LogP contribution is 2.33. The van der Waals surface area contributed by atoms with E-state index in [2.05, 4.69) is 25.2 Å². The van der Waals surface area contributed by atoms with Gasteiger partial charge in [-0.2, -0.15) is 0 Å². The topological polar surface area (TPSA) is 34.4 Å². The first kappa shape index (κ1) is 12.7. The van der Waals surface area contributed by atoms with Crippen molar-refractivity contribution in [1.29, 1.82) is 0 Å². The second-order valence-electron chi connectivity index (χ2n) is 4.99. The van der Waals surface area contributed by atoms with Crippen LogP contribution in [0.15, 0.2) is 23.0 Å². The van der Waals surface area contributed by atoms with Gasteiger partial charge >= 0.3 is 0 Å². The van der Waals surface area contributed by atoms with Gasteiger partial charge in [-0.15, -0.1) is 0 Å². The zero-order valence-corrected chi connectivity index (χ0v) is 10.8. The Morgan fingerprint density at radius 1 is 1.53 bits per heavy atom. The first-order valence-corrected chi connectivity index (χ1v) is 6.66. The van der Waals surface area contributed by atoms with Crippen LogP contribution in [-0.2, 0) is 4.74 Å². The maximum Gasteiger partial charge on any atom is 0.0950 e. The van der Waals surface area contributed by atoms with Crippen molar-refractivity contribution in [3.05, 3.63) is 24.2 Å². The fourth-order valence-corrected chi connectivity index (χ4v) is 2.66. The van der Waals surface area contributed by atoms with Crippen molar-refractivity contribution >= 4 is 0 Å². The van der Waals surface area contributed by atoms with E-state index < -0.39 is 0 Å². The fraction of sp³-hybridized carbons (Fsp3) is 0.714. The quantitative estimate of drug-likeness (QED) is 0.855. The Bertz CT molecular complexity index is 310. The Balaban J connectivity index is 2.08. The summed E-state index contributed by atoms with van der Waals surface area (Å²) in [7, 11) is 0. The van der Waals surface area contributed by atoms with E-state index in [1.54, 1.807) is 6.26 Å². The number of nitrogens with one attached hydrogen (secondary N) is 1. The van der Waals surface area contributed by atoms with Gasteiger partial charge in [0.1, 0.15) is 0 Å². The summed E-state index contributed by atoms with van der Waals surface area (Å²) in [5, 5.41) is 3.66. The van der Waals surface area contributed by atoms with Crippen LogP contribution in [0.1, 0.15) is 38.3 Å². The van der Waals surface area contributed by atoms with Crippen LogP contribution in [-0.4, -0.2) is 19.8 Å². The summed E-state index contributed by atoms with van der Waals surface area (Å²) in [6.45, 7) is 7.31. The lowest BCUT2D eigenvalue weighted by molar-refractivity contribution is 0.0105. The van der Waals surface area contributed by atoms with Gasteiger partial charge in [0.2, 0.25) is 0 Å². The molecular formula is C14H23NO2. The number of hydrogen-bond acceptors (Lipinski definition) is 3. The van der Waals surface area contributed by atoms with Gasteiger partial charge in [0.15, 0.2) is 0 Å². The monoisotopic (exact) mass is 237 g/mol. The van der Waals surface area contributed by atoms with Crippen molar-refractivity contribution in [1.82, 2.24) is 5.32 Å². The molecule has 1 aliphatic rings. The van der Waals surface area contributed by atoms with Crippen LogP contribution in [0, 0.1) is 11.8 Å². The predicted octanol–water partition coefficient (Wildman–Crippen LogP) is 2.99. The van der Waals surface area contributed by atoms with Crippen molar-refractivity contribution in [2.75, 3.05) is 19.8 Å². The summed E-state index contributed by atoms with van der Waals surface area (Å²) in [5.41, 5.74) is 1.28. The molecule has 0 aliphatic carbocycles. The second kappa shape index (κ2) is 6.22. The Morgan fingerprint density at radius 2 is 2.41 bits per heavy atom. The van der Waals surface area contributed by atoms with Crippen molar-refractivity contribution in [3.8, 4) is 0 Å². The van der Waals surface area contributed by atoms with Gasteiger partial charge in [0.25, 0.3) is 0 Å². The number of ether oxygens (including phenoxy) is 1.